The number of aryl methyl sites for hydroxylation is 3. The third kappa shape index (κ3) is 2.39. The van der Waals surface area contributed by atoms with Crippen molar-refractivity contribution < 1.29 is 4.74 Å². The van der Waals surface area contributed by atoms with Crippen molar-refractivity contribution in [2.45, 2.75) is 47.6 Å². The van der Waals surface area contributed by atoms with Crippen molar-refractivity contribution in [1.29, 1.82) is 0 Å². The second-order valence-electron chi connectivity index (χ2n) is 7.49. The summed E-state index contributed by atoms with van der Waals surface area (Å²) in [5, 5.41) is 0. The number of rotatable bonds is 1. The predicted molar refractivity (Wildman–Crippen MR) is 87.1 cm³/mol. The molecule has 2 aliphatic heterocycles. The zero-order valence-electron chi connectivity index (χ0n) is 14.0. The molecule has 1 fully saturated rings. The fraction of sp³-hybridized carbons (Fsp3) is 0.556. The first-order valence-electron chi connectivity index (χ1n) is 7.73. The van der Waals surface area contributed by atoms with Crippen LogP contribution in [0.25, 0.3) is 0 Å². The number of benzene rings is 1. The Kier molecular flexibility index (Phi) is 3.19. The second-order valence-corrected chi connectivity index (χ2v) is 7.49. The first kappa shape index (κ1) is 14.3. The van der Waals surface area contributed by atoms with E-state index in [1.54, 1.807) is 0 Å². The Morgan fingerprint density at radius 1 is 1.10 bits per heavy atom. The van der Waals surface area contributed by atoms with Gasteiger partial charge in [0.05, 0.1) is 18.9 Å². The van der Waals surface area contributed by atoms with Gasteiger partial charge in [0.25, 0.3) is 0 Å². The minimum Gasteiger partial charge on any atom is -0.476 e. The Balaban J connectivity index is 1.91. The summed E-state index contributed by atoms with van der Waals surface area (Å²) in [4.78, 5) is 4.73. The van der Waals surface area contributed by atoms with Crippen molar-refractivity contribution in [1.82, 2.24) is 4.90 Å². The van der Waals surface area contributed by atoms with Crippen LogP contribution in [0.3, 0.4) is 0 Å². The third-order valence-electron chi connectivity index (χ3n) is 4.54. The first-order valence-corrected chi connectivity index (χ1v) is 7.73. The monoisotopic (exact) mass is 286 g/mol. The average molecular weight is 286 g/mol. The van der Waals surface area contributed by atoms with E-state index in [4.69, 9.17) is 4.74 Å². The van der Waals surface area contributed by atoms with Crippen molar-refractivity contribution in [2.24, 2.45) is 5.41 Å². The summed E-state index contributed by atoms with van der Waals surface area (Å²) in [5.41, 5.74) is 5.53. The van der Waals surface area contributed by atoms with Crippen LogP contribution in [0.5, 0.6) is 0 Å². The van der Waals surface area contributed by atoms with E-state index >= 15 is 0 Å². The van der Waals surface area contributed by atoms with Crippen LogP contribution in [0.1, 0.15) is 37.5 Å². The Bertz CT molecular complexity index is 575. The SMILES string of the molecule is Cc1cc(C)c(N2C=C3OC[C@H](C(C)(C)C)N3C2)c(C)c1. The van der Waals surface area contributed by atoms with Crippen LogP contribution >= 0.6 is 0 Å². The zero-order valence-corrected chi connectivity index (χ0v) is 14.0. The molecule has 21 heavy (non-hydrogen) atoms. The summed E-state index contributed by atoms with van der Waals surface area (Å²) in [5.74, 6) is 1.02. The van der Waals surface area contributed by atoms with Gasteiger partial charge in [-0.25, -0.2) is 0 Å². The molecule has 0 aliphatic carbocycles. The lowest BCUT2D eigenvalue weighted by Gasteiger charge is -2.33. The predicted octanol–water partition coefficient (Wildman–Crippen LogP) is 3.94. The number of nitrogens with zero attached hydrogens (tertiary/aromatic N) is 2. The van der Waals surface area contributed by atoms with Crippen LogP contribution in [0.15, 0.2) is 24.2 Å². The zero-order chi connectivity index (χ0) is 15.4. The Morgan fingerprint density at radius 3 is 2.29 bits per heavy atom. The molecule has 0 aromatic heterocycles. The molecule has 0 unspecified atom stereocenters. The number of fused-ring (bicyclic) bond motifs is 1. The van der Waals surface area contributed by atoms with E-state index in [9.17, 15) is 0 Å². The molecule has 0 radical (unpaired) electrons. The standard InChI is InChI=1S/C18H26N2O/c1-12-7-13(2)17(14(3)8-12)19-9-16-20(11-19)15(10-21-16)18(4,5)6/h7-9,15H,10-11H2,1-6H3/t15-/m1/s1. The Hall–Kier alpha value is -1.64. The highest BCUT2D eigenvalue weighted by molar-refractivity contribution is 5.63. The van der Waals surface area contributed by atoms with Crippen LogP contribution < -0.4 is 4.90 Å². The topological polar surface area (TPSA) is 15.7 Å². The smallest absolute Gasteiger partial charge is 0.208 e. The highest BCUT2D eigenvalue weighted by Gasteiger charge is 2.42. The van der Waals surface area contributed by atoms with Crippen molar-refractivity contribution in [3.63, 3.8) is 0 Å². The lowest BCUT2D eigenvalue weighted by Crippen LogP contribution is -2.42. The number of hydrogen-bond donors (Lipinski definition) is 0. The second kappa shape index (κ2) is 4.69. The van der Waals surface area contributed by atoms with Crippen molar-refractivity contribution in [3.8, 4) is 0 Å². The molecule has 0 spiro atoms. The van der Waals surface area contributed by atoms with E-state index in [1.165, 1.54) is 22.4 Å². The molecule has 0 bridgehead atoms. The molecule has 1 aromatic rings. The van der Waals surface area contributed by atoms with Gasteiger partial charge in [0.15, 0.2) is 0 Å². The molecule has 3 rings (SSSR count). The fourth-order valence-electron chi connectivity index (χ4n) is 3.59. The summed E-state index contributed by atoms with van der Waals surface area (Å²) in [6.45, 7) is 15.1. The molecular formula is C18H26N2O. The maximum atomic E-state index is 5.92. The molecule has 1 aromatic carbocycles. The minimum atomic E-state index is 0.225. The Labute approximate surface area is 128 Å². The van der Waals surface area contributed by atoms with Crippen LogP contribution in [-0.2, 0) is 4.74 Å². The number of anilines is 1. The summed E-state index contributed by atoms with van der Waals surface area (Å²) in [7, 11) is 0. The molecule has 0 saturated carbocycles. The molecule has 3 heteroatoms. The molecule has 1 saturated heterocycles. The lowest BCUT2D eigenvalue weighted by atomic mass is 9.87. The van der Waals surface area contributed by atoms with E-state index in [2.05, 4.69) is 69.7 Å². The molecule has 0 N–H and O–H groups in total. The Morgan fingerprint density at radius 2 is 1.71 bits per heavy atom. The van der Waals surface area contributed by atoms with Gasteiger partial charge >= 0.3 is 0 Å². The van der Waals surface area contributed by atoms with E-state index in [0.29, 0.717) is 6.04 Å². The molecule has 1 atom stereocenters. The number of hydrogen-bond acceptors (Lipinski definition) is 3. The highest BCUT2D eigenvalue weighted by atomic mass is 16.5. The van der Waals surface area contributed by atoms with Gasteiger partial charge in [0, 0.05) is 5.69 Å². The summed E-state index contributed by atoms with van der Waals surface area (Å²) in [6.07, 6.45) is 2.16. The first-order chi connectivity index (χ1) is 9.77. The fourth-order valence-corrected chi connectivity index (χ4v) is 3.59. The average Bonchev–Trinajstić information content (AvgIpc) is 2.84. The molecule has 2 heterocycles. The molecule has 0 amide bonds. The van der Waals surface area contributed by atoms with Crippen molar-refractivity contribution >= 4 is 5.69 Å². The van der Waals surface area contributed by atoms with Crippen molar-refractivity contribution in [2.75, 3.05) is 18.2 Å². The van der Waals surface area contributed by atoms with Gasteiger partial charge in [-0.2, -0.15) is 0 Å². The van der Waals surface area contributed by atoms with Gasteiger partial charge in [-0.05, 0) is 37.3 Å². The summed E-state index contributed by atoms with van der Waals surface area (Å²) in [6, 6.07) is 4.96. The normalized spacial score (nSPS) is 21.4. The molecular weight excluding hydrogens is 260 g/mol. The van der Waals surface area contributed by atoms with Crippen molar-refractivity contribution in [3.05, 3.63) is 40.9 Å². The van der Waals surface area contributed by atoms with Gasteiger partial charge in [0.2, 0.25) is 5.88 Å². The maximum Gasteiger partial charge on any atom is 0.208 e. The summed E-state index contributed by atoms with van der Waals surface area (Å²) < 4.78 is 5.92. The molecule has 114 valence electrons. The third-order valence-corrected chi connectivity index (χ3v) is 4.54. The van der Waals surface area contributed by atoms with E-state index in [0.717, 1.165) is 19.2 Å². The minimum absolute atomic E-state index is 0.225. The molecule has 3 nitrogen and oxygen atoms in total. The summed E-state index contributed by atoms with van der Waals surface area (Å²) >= 11 is 0. The number of ether oxygens (including phenoxy) is 1. The highest BCUT2D eigenvalue weighted by Crippen LogP contribution is 2.39. The lowest BCUT2D eigenvalue weighted by molar-refractivity contribution is 0.176. The largest absolute Gasteiger partial charge is 0.476 e. The quantitative estimate of drug-likeness (QED) is 0.778. The van der Waals surface area contributed by atoms with Crippen LogP contribution in [0.4, 0.5) is 5.69 Å². The van der Waals surface area contributed by atoms with Crippen LogP contribution in [-0.4, -0.2) is 24.2 Å². The van der Waals surface area contributed by atoms with Crippen LogP contribution in [0, 0.1) is 26.2 Å². The van der Waals surface area contributed by atoms with Gasteiger partial charge in [-0.1, -0.05) is 38.5 Å². The van der Waals surface area contributed by atoms with Gasteiger partial charge in [-0.15, -0.1) is 0 Å². The van der Waals surface area contributed by atoms with Gasteiger partial charge < -0.3 is 14.5 Å². The van der Waals surface area contributed by atoms with Gasteiger partial charge in [0.1, 0.15) is 6.61 Å². The molecule has 2 aliphatic rings. The van der Waals surface area contributed by atoms with E-state index in [-0.39, 0.29) is 5.41 Å². The van der Waals surface area contributed by atoms with E-state index in [1.807, 2.05) is 0 Å². The van der Waals surface area contributed by atoms with Gasteiger partial charge in [-0.3, -0.25) is 0 Å². The van der Waals surface area contributed by atoms with Crippen LogP contribution in [0.2, 0.25) is 0 Å². The van der Waals surface area contributed by atoms with E-state index < -0.39 is 0 Å². The maximum absolute atomic E-state index is 5.92.